The zero-order chi connectivity index (χ0) is 14.8. The van der Waals surface area contributed by atoms with E-state index in [4.69, 9.17) is 9.47 Å². The number of methoxy groups -OCH3 is 2. The molecule has 2 atom stereocenters. The topological polar surface area (TPSA) is 59.0 Å². The fourth-order valence-corrected chi connectivity index (χ4v) is 3.58. The lowest BCUT2D eigenvalue weighted by Gasteiger charge is -2.38. The molecule has 0 amide bonds. The Kier molecular flexibility index (Phi) is 5.04. The summed E-state index contributed by atoms with van der Waals surface area (Å²) in [6, 6.07) is 0. The molecule has 20 heavy (non-hydrogen) atoms. The standard InChI is InChI=1S/C15H27NO4/c1-11-4-6-15(7-5-11,14(17)18)10-16-8-12(19-2)13(9-16)20-3/h11-13H,4-10H2,1-3H3,(H,17,18). The van der Waals surface area contributed by atoms with Crippen LogP contribution in [0.2, 0.25) is 0 Å². The highest BCUT2D eigenvalue weighted by Crippen LogP contribution is 2.40. The third-order valence-electron chi connectivity index (χ3n) is 5.11. The maximum atomic E-state index is 11.8. The molecular formula is C15H27NO4. The van der Waals surface area contributed by atoms with E-state index in [2.05, 4.69) is 11.8 Å². The van der Waals surface area contributed by atoms with E-state index in [9.17, 15) is 9.90 Å². The number of nitrogens with zero attached hydrogens (tertiary/aromatic N) is 1. The Morgan fingerprint density at radius 2 is 1.70 bits per heavy atom. The van der Waals surface area contributed by atoms with Crippen molar-refractivity contribution in [2.24, 2.45) is 11.3 Å². The molecule has 5 heteroatoms. The van der Waals surface area contributed by atoms with Crippen molar-refractivity contribution in [2.45, 2.75) is 44.8 Å². The highest BCUT2D eigenvalue weighted by molar-refractivity contribution is 5.75. The molecule has 1 heterocycles. The average Bonchev–Trinajstić information content (AvgIpc) is 2.83. The quantitative estimate of drug-likeness (QED) is 0.831. The number of rotatable bonds is 5. The van der Waals surface area contributed by atoms with Gasteiger partial charge in [-0.15, -0.1) is 0 Å². The van der Waals surface area contributed by atoms with Crippen molar-refractivity contribution in [3.05, 3.63) is 0 Å². The van der Waals surface area contributed by atoms with Gasteiger partial charge in [0.1, 0.15) is 0 Å². The first-order chi connectivity index (χ1) is 9.50. The highest BCUT2D eigenvalue weighted by atomic mass is 16.5. The van der Waals surface area contributed by atoms with Crippen LogP contribution in [-0.2, 0) is 14.3 Å². The molecule has 1 aliphatic carbocycles. The van der Waals surface area contributed by atoms with Crippen molar-refractivity contribution in [1.82, 2.24) is 4.90 Å². The Labute approximate surface area is 121 Å². The molecule has 0 aromatic heterocycles. The van der Waals surface area contributed by atoms with Crippen LogP contribution in [0.1, 0.15) is 32.6 Å². The van der Waals surface area contributed by atoms with Gasteiger partial charge in [0.2, 0.25) is 0 Å². The Morgan fingerprint density at radius 1 is 1.20 bits per heavy atom. The van der Waals surface area contributed by atoms with Gasteiger partial charge in [0.05, 0.1) is 17.6 Å². The molecule has 116 valence electrons. The van der Waals surface area contributed by atoms with Crippen LogP contribution in [0, 0.1) is 11.3 Å². The summed E-state index contributed by atoms with van der Waals surface area (Å²) in [7, 11) is 3.38. The number of hydrogen-bond donors (Lipinski definition) is 1. The molecule has 2 aliphatic rings. The summed E-state index contributed by atoms with van der Waals surface area (Å²) in [5.41, 5.74) is -0.576. The van der Waals surface area contributed by atoms with Crippen molar-refractivity contribution >= 4 is 5.97 Å². The number of likely N-dealkylation sites (tertiary alicyclic amines) is 1. The fourth-order valence-electron chi connectivity index (χ4n) is 3.58. The molecule has 1 aliphatic heterocycles. The molecule has 1 saturated heterocycles. The number of carboxylic acid groups (broad SMARTS) is 1. The smallest absolute Gasteiger partial charge is 0.310 e. The predicted octanol–water partition coefficient (Wildman–Crippen LogP) is 1.61. The molecule has 5 nitrogen and oxygen atoms in total. The van der Waals surface area contributed by atoms with Gasteiger partial charge in [-0.1, -0.05) is 6.92 Å². The molecule has 2 fully saturated rings. The van der Waals surface area contributed by atoms with Crippen molar-refractivity contribution in [1.29, 1.82) is 0 Å². The van der Waals surface area contributed by atoms with E-state index in [0.29, 0.717) is 12.5 Å². The lowest BCUT2D eigenvalue weighted by atomic mass is 9.70. The predicted molar refractivity (Wildman–Crippen MR) is 75.7 cm³/mol. The zero-order valence-corrected chi connectivity index (χ0v) is 12.8. The van der Waals surface area contributed by atoms with Gasteiger partial charge in [0.15, 0.2) is 0 Å². The summed E-state index contributed by atoms with van der Waals surface area (Å²) in [5, 5.41) is 9.69. The molecule has 0 spiro atoms. The van der Waals surface area contributed by atoms with Gasteiger partial charge < -0.3 is 14.6 Å². The molecule has 2 unspecified atom stereocenters. The van der Waals surface area contributed by atoms with Crippen LogP contribution in [0.25, 0.3) is 0 Å². The molecule has 0 bridgehead atoms. The summed E-state index contributed by atoms with van der Waals surface area (Å²) in [6.07, 6.45) is 3.70. The molecule has 1 saturated carbocycles. The van der Waals surface area contributed by atoms with Crippen molar-refractivity contribution < 1.29 is 19.4 Å². The van der Waals surface area contributed by atoms with Crippen molar-refractivity contribution in [2.75, 3.05) is 33.9 Å². The Morgan fingerprint density at radius 3 is 2.10 bits per heavy atom. The van der Waals surface area contributed by atoms with E-state index in [0.717, 1.165) is 38.8 Å². The van der Waals surface area contributed by atoms with Gasteiger partial charge in [-0.05, 0) is 31.6 Å². The van der Waals surface area contributed by atoms with Crippen LogP contribution in [-0.4, -0.2) is 62.0 Å². The normalized spacial score (nSPS) is 39.0. The number of carbonyl (C=O) groups is 1. The second-order valence-electron chi connectivity index (χ2n) is 6.51. The van der Waals surface area contributed by atoms with Crippen LogP contribution >= 0.6 is 0 Å². The second kappa shape index (κ2) is 6.41. The Hall–Kier alpha value is -0.650. The Balaban J connectivity index is 2.01. The van der Waals surface area contributed by atoms with Crippen LogP contribution in [0.5, 0.6) is 0 Å². The minimum Gasteiger partial charge on any atom is -0.481 e. The maximum absolute atomic E-state index is 11.8. The lowest BCUT2D eigenvalue weighted by Crippen LogP contribution is -2.45. The van der Waals surface area contributed by atoms with Crippen LogP contribution in [0.3, 0.4) is 0 Å². The monoisotopic (exact) mass is 285 g/mol. The average molecular weight is 285 g/mol. The third kappa shape index (κ3) is 3.15. The summed E-state index contributed by atoms with van der Waals surface area (Å²) >= 11 is 0. The summed E-state index contributed by atoms with van der Waals surface area (Å²) in [4.78, 5) is 14.0. The summed E-state index contributed by atoms with van der Waals surface area (Å²) in [5.74, 6) is 0.0127. The van der Waals surface area contributed by atoms with E-state index in [1.807, 2.05) is 0 Å². The highest BCUT2D eigenvalue weighted by Gasteiger charge is 2.45. The lowest BCUT2D eigenvalue weighted by molar-refractivity contribution is -0.153. The SMILES string of the molecule is COC1CN(CC2(C(=O)O)CCC(C)CC2)CC1OC. The van der Waals surface area contributed by atoms with Gasteiger partial charge in [0.25, 0.3) is 0 Å². The third-order valence-corrected chi connectivity index (χ3v) is 5.11. The second-order valence-corrected chi connectivity index (χ2v) is 6.51. The van der Waals surface area contributed by atoms with E-state index in [1.54, 1.807) is 14.2 Å². The van der Waals surface area contributed by atoms with E-state index in [-0.39, 0.29) is 12.2 Å². The van der Waals surface area contributed by atoms with E-state index in [1.165, 1.54) is 0 Å². The molecule has 0 aromatic rings. The number of aliphatic carboxylic acids is 1. The largest absolute Gasteiger partial charge is 0.481 e. The van der Waals surface area contributed by atoms with Gasteiger partial charge in [-0.25, -0.2) is 0 Å². The van der Waals surface area contributed by atoms with Crippen LogP contribution in [0.15, 0.2) is 0 Å². The van der Waals surface area contributed by atoms with Gasteiger partial charge in [-0.2, -0.15) is 0 Å². The van der Waals surface area contributed by atoms with Crippen LogP contribution < -0.4 is 0 Å². The first-order valence-corrected chi connectivity index (χ1v) is 7.52. The molecule has 2 rings (SSSR count). The first kappa shape index (κ1) is 15.7. The Bertz CT molecular complexity index is 327. The van der Waals surface area contributed by atoms with Crippen LogP contribution in [0.4, 0.5) is 0 Å². The van der Waals surface area contributed by atoms with Gasteiger partial charge >= 0.3 is 5.97 Å². The molecule has 0 radical (unpaired) electrons. The first-order valence-electron chi connectivity index (χ1n) is 7.52. The molecule has 1 N–H and O–H groups in total. The minimum atomic E-state index is -0.640. The maximum Gasteiger partial charge on any atom is 0.310 e. The minimum absolute atomic E-state index is 0.0494. The van der Waals surface area contributed by atoms with Gasteiger partial charge in [0, 0.05) is 33.9 Å². The fraction of sp³-hybridized carbons (Fsp3) is 0.933. The molecular weight excluding hydrogens is 258 g/mol. The number of hydrogen-bond acceptors (Lipinski definition) is 4. The molecule has 0 aromatic carbocycles. The number of ether oxygens (including phenoxy) is 2. The van der Waals surface area contributed by atoms with E-state index < -0.39 is 11.4 Å². The summed E-state index contributed by atoms with van der Waals surface area (Å²) in [6.45, 7) is 4.36. The zero-order valence-electron chi connectivity index (χ0n) is 12.8. The van der Waals surface area contributed by atoms with E-state index >= 15 is 0 Å². The van der Waals surface area contributed by atoms with Gasteiger partial charge in [-0.3, -0.25) is 9.69 Å². The van der Waals surface area contributed by atoms with Crippen molar-refractivity contribution in [3.8, 4) is 0 Å². The summed E-state index contributed by atoms with van der Waals surface area (Å²) < 4.78 is 10.9. The number of carboxylic acids is 1. The van der Waals surface area contributed by atoms with Crippen molar-refractivity contribution in [3.63, 3.8) is 0 Å².